The van der Waals surface area contributed by atoms with Gasteiger partial charge in [0.25, 0.3) is 0 Å². The van der Waals surface area contributed by atoms with Gasteiger partial charge in [-0.3, -0.25) is 14.4 Å². The zero-order valence-electron chi connectivity index (χ0n) is 51.2. The van der Waals surface area contributed by atoms with Crippen LogP contribution in [0, 0.1) is 0 Å². The van der Waals surface area contributed by atoms with Crippen molar-refractivity contribution in [2.45, 2.75) is 316 Å². The molecule has 0 radical (unpaired) electrons. The van der Waals surface area contributed by atoms with E-state index in [1.54, 1.807) is 0 Å². The lowest BCUT2D eigenvalue weighted by Crippen LogP contribution is -2.30. The van der Waals surface area contributed by atoms with Crippen molar-refractivity contribution in [2.75, 3.05) is 13.2 Å². The maximum atomic E-state index is 12.9. The number of unbranched alkanes of at least 4 members (excludes halogenated alkanes) is 30. The molecule has 0 fully saturated rings. The van der Waals surface area contributed by atoms with E-state index in [2.05, 4.69) is 130 Å². The summed E-state index contributed by atoms with van der Waals surface area (Å²) < 4.78 is 16.9. The van der Waals surface area contributed by atoms with Crippen molar-refractivity contribution in [1.82, 2.24) is 0 Å². The number of carbonyl (C=O) groups is 3. The van der Waals surface area contributed by atoms with Gasteiger partial charge in [0, 0.05) is 19.3 Å². The lowest BCUT2D eigenvalue weighted by Gasteiger charge is -2.18. The van der Waals surface area contributed by atoms with E-state index in [4.69, 9.17) is 14.2 Å². The molecule has 0 saturated carbocycles. The molecule has 0 spiro atoms. The van der Waals surface area contributed by atoms with E-state index in [0.717, 1.165) is 122 Å². The molecule has 0 aromatic rings. The molecule has 1 atom stereocenters. The van der Waals surface area contributed by atoms with Crippen LogP contribution in [0.4, 0.5) is 0 Å². The number of allylic oxidation sites excluding steroid dienone is 18. The Kier molecular flexibility index (Phi) is 62.3. The van der Waals surface area contributed by atoms with Gasteiger partial charge in [-0.15, -0.1) is 0 Å². The van der Waals surface area contributed by atoms with Gasteiger partial charge in [0.15, 0.2) is 6.10 Å². The fourth-order valence-electron chi connectivity index (χ4n) is 9.06. The molecule has 0 N–H and O–H groups in total. The van der Waals surface area contributed by atoms with Gasteiger partial charge in [0.1, 0.15) is 13.2 Å². The van der Waals surface area contributed by atoms with Crippen molar-refractivity contribution in [2.24, 2.45) is 0 Å². The zero-order valence-corrected chi connectivity index (χ0v) is 51.2. The summed E-state index contributed by atoms with van der Waals surface area (Å²) in [6, 6.07) is 0. The highest BCUT2D eigenvalue weighted by molar-refractivity contribution is 5.71. The first-order valence-electron chi connectivity index (χ1n) is 32.9. The van der Waals surface area contributed by atoms with Crippen molar-refractivity contribution in [1.29, 1.82) is 0 Å². The number of ether oxygens (including phenoxy) is 3. The smallest absolute Gasteiger partial charge is 0.306 e. The monoisotopic (exact) mass is 1080 g/mol. The van der Waals surface area contributed by atoms with Crippen LogP contribution in [-0.2, 0) is 28.6 Å². The summed E-state index contributed by atoms with van der Waals surface area (Å²) in [4.78, 5) is 38.4. The summed E-state index contributed by atoms with van der Waals surface area (Å²) in [6.07, 6.45) is 89.4. The number of rotatable bonds is 59. The Balaban J connectivity index is 4.39. The first kappa shape index (κ1) is 74.1. The normalized spacial score (nSPS) is 12.8. The number of hydrogen-bond donors (Lipinski definition) is 0. The van der Waals surface area contributed by atoms with E-state index in [0.29, 0.717) is 19.3 Å². The van der Waals surface area contributed by atoms with E-state index in [1.165, 1.54) is 148 Å². The molecule has 446 valence electrons. The van der Waals surface area contributed by atoms with Gasteiger partial charge in [-0.1, -0.05) is 271 Å². The molecule has 0 bridgehead atoms. The largest absolute Gasteiger partial charge is 0.462 e. The summed E-state index contributed by atoms with van der Waals surface area (Å²) in [6.45, 7) is 6.49. The number of carbonyl (C=O) groups excluding carboxylic acids is 3. The number of esters is 3. The molecule has 78 heavy (non-hydrogen) atoms. The highest BCUT2D eigenvalue weighted by Crippen LogP contribution is 2.16. The van der Waals surface area contributed by atoms with Gasteiger partial charge < -0.3 is 14.2 Å². The second-order valence-electron chi connectivity index (χ2n) is 21.6. The zero-order chi connectivity index (χ0) is 56.4. The van der Waals surface area contributed by atoms with Crippen LogP contribution in [0.2, 0.25) is 0 Å². The molecule has 0 heterocycles. The van der Waals surface area contributed by atoms with Crippen molar-refractivity contribution < 1.29 is 28.6 Å². The van der Waals surface area contributed by atoms with Gasteiger partial charge in [0.05, 0.1) is 0 Å². The molecule has 6 heteroatoms. The summed E-state index contributed by atoms with van der Waals surface area (Å²) in [5, 5.41) is 0. The molecule has 0 amide bonds. The molecule has 0 aliphatic rings. The third-order valence-electron chi connectivity index (χ3n) is 14.0. The molecule has 6 nitrogen and oxygen atoms in total. The Morgan fingerprint density at radius 3 is 0.808 bits per heavy atom. The van der Waals surface area contributed by atoms with Crippen LogP contribution in [0.5, 0.6) is 0 Å². The highest BCUT2D eigenvalue weighted by atomic mass is 16.6. The van der Waals surface area contributed by atoms with Crippen LogP contribution in [0.25, 0.3) is 0 Å². The summed E-state index contributed by atoms with van der Waals surface area (Å²) in [5.74, 6) is -0.899. The Morgan fingerprint density at radius 2 is 0.500 bits per heavy atom. The van der Waals surface area contributed by atoms with Gasteiger partial charge in [-0.2, -0.15) is 0 Å². The predicted octanol–water partition coefficient (Wildman–Crippen LogP) is 22.6. The molecule has 1 unspecified atom stereocenters. The Bertz CT molecular complexity index is 1570. The molecule has 0 aromatic carbocycles. The minimum absolute atomic E-state index is 0.0874. The summed E-state index contributed by atoms with van der Waals surface area (Å²) in [5.41, 5.74) is 0. The van der Waals surface area contributed by atoms with Crippen LogP contribution < -0.4 is 0 Å². The molecular formula is C72H122O6. The van der Waals surface area contributed by atoms with E-state index >= 15 is 0 Å². The van der Waals surface area contributed by atoms with Crippen LogP contribution in [0.1, 0.15) is 310 Å². The third-order valence-corrected chi connectivity index (χ3v) is 14.0. The Morgan fingerprint density at radius 1 is 0.269 bits per heavy atom. The second kappa shape index (κ2) is 65.6. The molecule has 0 aliphatic carbocycles. The van der Waals surface area contributed by atoms with Crippen LogP contribution in [-0.4, -0.2) is 37.2 Å². The van der Waals surface area contributed by atoms with Gasteiger partial charge in [-0.25, -0.2) is 0 Å². The van der Waals surface area contributed by atoms with Gasteiger partial charge in [-0.05, 0) is 128 Å². The predicted molar refractivity (Wildman–Crippen MR) is 339 cm³/mol. The van der Waals surface area contributed by atoms with Gasteiger partial charge >= 0.3 is 17.9 Å². The van der Waals surface area contributed by atoms with Crippen molar-refractivity contribution in [3.05, 3.63) is 109 Å². The van der Waals surface area contributed by atoms with Crippen molar-refractivity contribution in [3.8, 4) is 0 Å². The minimum atomic E-state index is -0.792. The van der Waals surface area contributed by atoms with Crippen molar-refractivity contribution in [3.63, 3.8) is 0 Å². The van der Waals surface area contributed by atoms with Crippen molar-refractivity contribution >= 4 is 17.9 Å². The average Bonchev–Trinajstić information content (AvgIpc) is 3.44. The molecule has 0 aromatic heterocycles. The SMILES string of the molecule is CC/C=C\C/C=C\C/C=C\C/C=C\C/C=C\CCCCCCCCCCCC(=O)OCC(COC(=O)CCCCCCCCC/C=C\C/C=C\CCCCC)OC(=O)CCCCCCCCC/C=C\C/C=C\CCCCCC. The van der Waals surface area contributed by atoms with E-state index in [-0.39, 0.29) is 31.1 Å². The Labute approximate surface area is 482 Å². The summed E-state index contributed by atoms with van der Waals surface area (Å²) in [7, 11) is 0. The van der Waals surface area contributed by atoms with E-state index in [1.807, 2.05) is 0 Å². The third kappa shape index (κ3) is 62.9. The average molecular weight is 1080 g/mol. The first-order valence-corrected chi connectivity index (χ1v) is 32.9. The van der Waals surface area contributed by atoms with E-state index < -0.39 is 6.10 Å². The Hall–Kier alpha value is -3.93. The van der Waals surface area contributed by atoms with Crippen LogP contribution in [0.3, 0.4) is 0 Å². The number of hydrogen-bond acceptors (Lipinski definition) is 6. The first-order chi connectivity index (χ1) is 38.5. The van der Waals surface area contributed by atoms with E-state index in [9.17, 15) is 14.4 Å². The highest BCUT2D eigenvalue weighted by Gasteiger charge is 2.19. The molecule has 0 aliphatic heterocycles. The quantitative estimate of drug-likeness (QED) is 0.0261. The van der Waals surface area contributed by atoms with Crippen LogP contribution >= 0.6 is 0 Å². The lowest BCUT2D eigenvalue weighted by atomic mass is 10.1. The standard InChI is InChI=1S/C72H122O6/c1-4-7-10-13-16-19-22-25-28-31-33-34-35-36-37-38-39-42-44-47-50-53-56-59-62-65-71(74)77-68-69(67-76-70(73)64-61-58-55-52-49-46-43-40-30-27-24-21-18-15-12-9-6-3)78-72(75)66-63-60-57-54-51-48-45-41-32-29-26-23-20-17-14-11-8-5-2/h7,10,16,18-21,23,25,27-30,32-34,36-37,69H,4-6,8-9,11-15,17,22,24,26,31,35,38-68H2,1-3H3/b10-7-,19-16-,21-18-,23-20-,28-25-,30-27-,32-29-,34-33-,37-36-. The fourth-order valence-corrected chi connectivity index (χ4v) is 9.06. The maximum absolute atomic E-state index is 12.9. The van der Waals surface area contributed by atoms with Gasteiger partial charge in [0.2, 0.25) is 0 Å². The summed E-state index contributed by atoms with van der Waals surface area (Å²) >= 11 is 0. The molecular weight excluding hydrogens is 961 g/mol. The lowest BCUT2D eigenvalue weighted by molar-refractivity contribution is -0.167. The second-order valence-corrected chi connectivity index (χ2v) is 21.6. The maximum Gasteiger partial charge on any atom is 0.306 e. The fraction of sp³-hybridized carbons (Fsp3) is 0.708. The molecule has 0 rings (SSSR count). The topological polar surface area (TPSA) is 78.9 Å². The van der Waals surface area contributed by atoms with Crippen LogP contribution in [0.15, 0.2) is 109 Å². The minimum Gasteiger partial charge on any atom is -0.462 e. The molecule has 0 saturated heterocycles.